The molecule has 22 heavy (non-hydrogen) atoms. The molecule has 4 nitrogen and oxygen atoms in total. The van der Waals surface area contributed by atoms with Gasteiger partial charge in [0, 0.05) is 5.92 Å². The minimum atomic E-state index is -0.258. The first-order chi connectivity index (χ1) is 10.7. The fourth-order valence-electron chi connectivity index (χ4n) is 2.75. The monoisotopic (exact) mass is 298 g/mol. The molecule has 1 aliphatic heterocycles. The molecule has 2 aromatic carbocycles. The molecule has 1 atom stereocenters. The van der Waals surface area contributed by atoms with Gasteiger partial charge in [-0.3, -0.25) is 0 Å². The second kappa shape index (κ2) is 5.02. The van der Waals surface area contributed by atoms with E-state index in [1.165, 1.54) is 12.1 Å². The van der Waals surface area contributed by atoms with E-state index >= 15 is 0 Å². The van der Waals surface area contributed by atoms with Crippen LogP contribution in [0.15, 0.2) is 36.4 Å². The van der Waals surface area contributed by atoms with Gasteiger partial charge < -0.3 is 14.5 Å². The zero-order valence-corrected chi connectivity index (χ0v) is 12.1. The Hall–Kier alpha value is -2.56. The molecule has 112 valence electrons. The number of hydrogen-bond donors (Lipinski definition) is 1. The standard InChI is InChI=1S/C17H15FN2O2/c1-10(6-11-2-5-15-16(7-11)22-9-21-15)17-19-13-4-3-12(18)8-14(13)20-17/h2-5,7-8,10H,6,9H2,1H3,(H,19,20). The quantitative estimate of drug-likeness (QED) is 0.800. The number of ether oxygens (including phenoxy) is 2. The first kappa shape index (κ1) is 13.1. The van der Waals surface area contributed by atoms with Crippen molar-refractivity contribution < 1.29 is 13.9 Å². The Bertz CT molecular complexity index is 844. The highest BCUT2D eigenvalue weighted by atomic mass is 19.1. The van der Waals surface area contributed by atoms with E-state index in [1.54, 1.807) is 6.07 Å². The second-order valence-corrected chi connectivity index (χ2v) is 5.58. The van der Waals surface area contributed by atoms with Crippen molar-refractivity contribution in [3.8, 4) is 11.5 Å². The lowest BCUT2D eigenvalue weighted by Gasteiger charge is -2.09. The van der Waals surface area contributed by atoms with Crippen molar-refractivity contribution in [2.24, 2.45) is 0 Å². The van der Waals surface area contributed by atoms with Gasteiger partial charge in [-0.05, 0) is 42.3 Å². The molecule has 0 radical (unpaired) electrons. The van der Waals surface area contributed by atoms with E-state index in [9.17, 15) is 4.39 Å². The number of hydrogen-bond acceptors (Lipinski definition) is 3. The lowest BCUT2D eigenvalue weighted by molar-refractivity contribution is 0.174. The summed E-state index contributed by atoms with van der Waals surface area (Å²) in [6.45, 7) is 2.38. The average molecular weight is 298 g/mol. The van der Waals surface area contributed by atoms with Gasteiger partial charge in [0.05, 0.1) is 11.0 Å². The maximum Gasteiger partial charge on any atom is 0.231 e. The van der Waals surface area contributed by atoms with Crippen molar-refractivity contribution in [3.63, 3.8) is 0 Å². The Morgan fingerprint density at radius 1 is 1.18 bits per heavy atom. The van der Waals surface area contributed by atoms with E-state index in [4.69, 9.17) is 9.47 Å². The van der Waals surface area contributed by atoms with E-state index < -0.39 is 0 Å². The fraction of sp³-hybridized carbons (Fsp3) is 0.235. The second-order valence-electron chi connectivity index (χ2n) is 5.58. The topological polar surface area (TPSA) is 47.1 Å². The molecule has 0 aliphatic carbocycles. The summed E-state index contributed by atoms with van der Waals surface area (Å²) in [7, 11) is 0. The lowest BCUT2D eigenvalue weighted by atomic mass is 10.0. The Kier molecular flexibility index (Phi) is 2.99. The smallest absolute Gasteiger partial charge is 0.231 e. The molecule has 1 unspecified atom stereocenters. The van der Waals surface area contributed by atoms with Crippen LogP contribution >= 0.6 is 0 Å². The fourth-order valence-corrected chi connectivity index (χ4v) is 2.75. The van der Waals surface area contributed by atoms with Gasteiger partial charge in [-0.1, -0.05) is 13.0 Å². The number of H-pyrrole nitrogens is 1. The van der Waals surface area contributed by atoms with Crippen LogP contribution < -0.4 is 9.47 Å². The van der Waals surface area contributed by atoms with E-state index in [0.29, 0.717) is 0 Å². The van der Waals surface area contributed by atoms with Crippen molar-refractivity contribution in [3.05, 3.63) is 53.6 Å². The largest absolute Gasteiger partial charge is 0.454 e. The van der Waals surface area contributed by atoms with E-state index in [-0.39, 0.29) is 18.5 Å². The predicted molar refractivity (Wildman–Crippen MR) is 80.7 cm³/mol. The number of imidazole rings is 1. The van der Waals surface area contributed by atoms with E-state index in [1.807, 2.05) is 18.2 Å². The van der Waals surface area contributed by atoms with Crippen LogP contribution in [0.1, 0.15) is 24.2 Å². The molecule has 0 saturated heterocycles. The number of halogens is 1. The van der Waals surface area contributed by atoms with Gasteiger partial charge in [-0.2, -0.15) is 0 Å². The van der Waals surface area contributed by atoms with Crippen molar-refractivity contribution in [1.82, 2.24) is 9.97 Å². The summed E-state index contributed by atoms with van der Waals surface area (Å²) >= 11 is 0. The highest BCUT2D eigenvalue weighted by Gasteiger charge is 2.16. The summed E-state index contributed by atoms with van der Waals surface area (Å²) < 4.78 is 24.0. The van der Waals surface area contributed by atoms with Crippen molar-refractivity contribution in [1.29, 1.82) is 0 Å². The number of benzene rings is 2. The third kappa shape index (κ3) is 2.28. The molecule has 0 saturated carbocycles. The zero-order chi connectivity index (χ0) is 15.1. The summed E-state index contributed by atoms with van der Waals surface area (Å²) in [6.07, 6.45) is 0.818. The third-order valence-electron chi connectivity index (χ3n) is 3.91. The van der Waals surface area contributed by atoms with Crippen LogP contribution in [-0.2, 0) is 6.42 Å². The van der Waals surface area contributed by atoms with Crippen LogP contribution in [0.25, 0.3) is 11.0 Å². The summed E-state index contributed by atoms with van der Waals surface area (Å²) in [4.78, 5) is 7.75. The highest BCUT2D eigenvalue weighted by molar-refractivity contribution is 5.75. The summed E-state index contributed by atoms with van der Waals surface area (Å²) in [5.74, 6) is 2.37. The zero-order valence-electron chi connectivity index (χ0n) is 12.1. The van der Waals surface area contributed by atoms with Gasteiger partial charge in [-0.15, -0.1) is 0 Å². The molecular formula is C17H15FN2O2. The van der Waals surface area contributed by atoms with Crippen LogP contribution in [0, 0.1) is 5.82 Å². The molecule has 1 N–H and O–H groups in total. The molecule has 5 heteroatoms. The molecule has 0 bridgehead atoms. The summed E-state index contributed by atoms with van der Waals surface area (Å²) in [5.41, 5.74) is 2.67. The molecule has 2 heterocycles. The maximum absolute atomic E-state index is 13.2. The molecule has 3 aromatic rings. The van der Waals surface area contributed by atoms with Crippen molar-refractivity contribution in [2.75, 3.05) is 6.79 Å². The Balaban J connectivity index is 1.59. The first-order valence-corrected chi connectivity index (χ1v) is 7.23. The van der Waals surface area contributed by atoms with Crippen molar-refractivity contribution in [2.45, 2.75) is 19.3 Å². The van der Waals surface area contributed by atoms with Crippen LogP contribution in [0.4, 0.5) is 4.39 Å². The minimum absolute atomic E-state index is 0.191. The van der Waals surface area contributed by atoms with Crippen molar-refractivity contribution >= 4 is 11.0 Å². The Morgan fingerprint density at radius 3 is 2.95 bits per heavy atom. The summed E-state index contributed by atoms with van der Waals surface area (Å²) in [5, 5.41) is 0. The van der Waals surface area contributed by atoms with E-state index in [0.717, 1.165) is 40.3 Å². The number of nitrogens with one attached hydrogen (secondary N) is 1. The Morgan fingerprint density at radius 2 is 2.05 bits per heavy atom. The molecule has 4 rings (SSSR count). The molecule has 0 amide bonds. The number of nitrogens with zero attached hydrogens (tertiary/aromatic N) is 1. The lowest BCUT2D eigenvalue weighted by Crippen LogP contribution is -2.00. The summed E-state index contributed by atoms with van der Waals surface area (Å²) in [6, 6.07) is 10.6. The SMILES string of the molecule is CC(Cc1ccc2c(c1)OCO2)c1nc2ccc(F)cc2[nH]1. The van der Waals surface area contributed by atoms with Gasteiger partial charge in [0.25, 0.3) is 0 Å². The molecular weight excluding hydrogens is 283 g/mol. The number of fused-ring (bicyclic) bond motifs is 2. The van der Waals surface area contributed by atoms with Crippen LogP contribution in [0.3, 0.4) is 0 Å². The minimum Gasteiger partial charge on any atom is -0.454 e. The van der Waals surface area contributed by atoms with Gasteiger partial charge in [0.2, 0.25) is 6.79 Å². The maximum atomic E-state index is 13.2. The average Bonchev–Trinajstić information content (AvgIpc) is 3.12. The van der Waals surface area contributed by atoms with Gasteiger partial charge >= 0.3 is 0 Å². The molecule has 1 aliphatic rings. The predicted octanol–water partition coefficient (Wildman–Crippen LogP) is 3.78. The molecule has 0 fully saturated rings. The highest BCUT2D eigenvalue weighted by Crippen LogP contribution is 2.33. The number of aromatic nitrogens is 2. The van der Waals surface area contributed by atoms with Gasteiger partial charge in [0.1, 0.15) is 11.6 Å². The van der Waals surface area contributed by atoms with Crippen LogP contribution in [-0.4, -0.2) is 16.8 Å². The normalized spacial score (nSPS) is 14.5. The van der Waals surface area contributed by atoms with Crippen LogP contribution in [0.2, 0.25) is 0 Å². The first-order valence-electron chi connectivity index (χ1n) is 7.23. The van der Waals surface area contributed by atoms with E-state index in [2.05, 4.69) is 16.9 Å². The van der Waals surface area contributed by atoms with Gasteiger partial charge in [0.15, 0.2) is 11.5 Å². The van der Waals surface area contributed by atoms with Crippen LogP contribution in [0.5, 0.6) is 11.5 Å². The third-order valence-corrected chi connectivity index (χ3v) is 3.91. The Labute approximate surface area is 126 Å². The van der Waals surface area contributed by atoms with Gasteiger partial charge in [-0.25, -0.2) is 9.37 Å². The molecule has 1 aromatic heterocycles. The number of aromatic amines is 1. The molecule has 0 spiro atoms. The number of rotatable bonds is 3.